The molecule has 2 nitrogen and oxygen atoms in total. The average molecular weight is 321 g/mol. The van der Waals surface area contributed by atoms with E-state index in [1.54, 1.807) is 19.1 Å². The molecule has 0 aliphatic heterocycles. The second kappa shape index (κ2) is 7.53. The second-order valence-electron chi connectivity index (χ2n) is 4.46. The molecule has 0 amide bonds. The Kier molecular flexibility index (Phi) is 5.71. The largest absolute Gasteiger partial charge is 0.462 e. The molecule has 0 N–H and O–H groups in total. The van der Waals surface area contributed by atoms with Crippen molar-refractivity contribution in [3.63, 3.8) is 0 Å². The fourth-order valence-electron chi connectivity index (χ4n) is 1.88. The number of hydrogen-bond donors (Lipinski definition) is 0. The zero-order valence-corrected chi connectivity index (χ0v) is 13.6. The van der Waals surface area contributed by atoms with Gasteiger partial charge in [0, 0.05) is 14.8 Å². The Morgan fingerprint density at radius 1 is 1.14 bits per heavy atom. The molecule has 2 rings (SSSR count). The zero-order chi connectivity index (χ0) is 15.2. The molecule has 0 unspecified atom stereocenters. The third-order valence-corrected chi connectivity index (χ3v) is 4.32. The number of aryl methyl sites for hydroxylation is 1. The Balaban J connectivity index is 2.27. The van der Waals surface area contributed by atoms with Crippen LogP contribution < -0.4 is 0 Å². The van der Waals surface area contributed by atoms with Crippen LogP contribution in [-0.2, 0) is 11.2 Å². The van der Waals surface area contributed by atoms with E-state index in [-0.39, 0.29) is 5.97 Å². The van der Waals surface area contributed by atoms with Crippen LogP contribution in [0.5, 0.6) is 0 Å². The molecule has 2 aromatic rings. The monoisotopic (exact) mass is 320 g/mol. The van der Waals surface area contributed by atoms with Crippen molar-refractivity contribution in [2.24, 2.45) is 0 Å². The third-order valence-electron chi connectivity index (χ3n) is 3.00. The van der Waals surface area contributed by atoms with Crippen molar-refractivity contribution in [3.05, 3.63) is 58.6 Å². The van der Waals surface area contributed by atoms with Crippen molar-refractivity contribution in [1.29, 1.82) is 0 Å². The SMILES string of the molecule is CCOC(=O)c1cc(Cl)ccc1Sc1ccc(CC)cc1. The highest BCUT2D eigenvalue weighted by molar-refractivity contribution is 7.99. The molecule has 0 heterocycles. The van der Waals surface area contributed by atoms with E-state index in [1.807, 2.05) is 6.07 Å². The van der Waals surface area contributed by atoms with Crippen LogP contribution in [0.1, 0.15) is 29.8 Å². The molecule has 21 heavy (non-hydrogen) atoms. The summed E-state index contributed by atoms with van der Waals surface area (Å²) in [6.45, 7) is 4.26. The lowest BCUT2D eigenvalue weighted by atomic mass is 10.2. The minimum atomic E-state index is -0.340. The Morgan fingerprint density at radius 3 is 2.48 bits per heavy atom. The Morgan fingerprint density at radius 2 is 1.86 bits per heavy atom. The fourth-order valence-corrected chi connectivity index (χ4v) is 2.97. The number of carbonyl (C=O) groups excluding carboxylic acids is 1. The van der Waals surface area contributed by atoms with Crippen molar-refractivity contribution in [2.75, 3.05) is 6.61 Å². The van der Waals surface area contributed by atoms with Crippen molar-refractivity contribution < 1.29 is 9.53 Å². The molecular formula is C17H17ClO2S. The second-order valence-corrected chi connectivity index (χ2v) is 6.01. The predicted molar refractivity (Wildman–Crippen MR) is 87.4 cm³/mol. The summed E-state index contributed by atoms with van der Waals surface area (Å²) in [5.41, 5.74) is 1.80. The van der Waals surface area contributed by atoms with Crippen LogP contribution >= 0.6 is 23.4 Å². The van der Waals surface area contributed by atoms with Crippen LogP contribution in [0.2, 0.25) is 5.02 Å². The van der Waals surface area contributed by atoms with E-state index in [9.17, 15) is 4.79 Å². The van der Waals surface area contributed by atoms with E-state index in [2.05, 4.69) is 31.2 Å². The molecule has 110 valence electrons. The van der Waals surface area contributed by atoms with Crippen molar-refractivity contribution in [2.45, 2.75) is 30.1 Å². The van der Waals surface area contributed by atoms with Crippen molar-refractivity contribution >= 4 is 29.3 Å². The van der Waals surface area contributed by atoms with E-state index in [1.165, 1.54) is 17.3 Å². The van der Waals surface area contributed by atoms with Crippen molar-refractivity contribution in [1.82, 2.24) is 0 Å². The number of carbonyl (C=O) groups is 1. The fraction of sp³-hybridized carbons (Fsp3) is 0.235. The van der Waals surface area contributed by atoms with Gasteiger partial charge in [-0.25, -0.2) is 4.79 Å². The molecule has 0 aliphatic carbocycles. The number of benzene rings is 2. The van der Waals surface area contributed by atoms with Gasteiger partial charge >= 0.3 is 5.97 Å². The van der Waals surface area contributed by atoms with Gasteiger partial charge in [-0.15, -0.1) is 0 Å². The molecule has 4 heteroatoms. The van der Waals surface area contributed by atoms with Crippen LogP contribution in [0.15, 0.2) is 52.3 Å². The van der Waals surface area contributed by atoms with Gasteiger partial charge in [-0.2, -0.15) is 0 Å². The van der Waals surface area contributed by atoms with Crippen LogP contribution in [0.25, 0.3) is 0 Å². The molecule has 0 radical (unpaired) electrons. The van der Waals surface area contributed by atoms with Gasteiger partial charge < -0.3 is 4.74 Å². The molecule has 2 aromatic carbocycles. The Hall–Kier alpha value is -1.45. The van der Waals surface area contributed by atoms with Gasteiger partial charge in [0.05, 0.1) is 12.2 Å². The number of rotatable bonds is 5. The van der Waals surface area contributed by atoms with Crippen molar-refractivity contribution in [3.8, 4) is 0 Å². The molecule has 0 saturated carbocycles. The predicted octanol–water partition coefficient (Wildman–Crippen LogP) is 5.23. The highest BCUT2D eigenvalue weighted by Crippen LogP contribution is 2.32. The summed E-state index contributed by atoms with van der Waals surface area (Å²) in [7, 11) is 0. The molecule has 0 saturated heterocycles. The molecule has 0 atom stereocenters. The lowest BCUT2D eigenvalue weighted by molar-refractivity contribution is 0.0522. The summed E-state index contributed by atoms with van der Waals surface area (Å²) in [6.07, 6.45) is 1.01. The lowest BCUT2D eigenvalue weighted by Crippen LogP contribution is -2.06. The maximum absolute atomic E-state index is 12.0. The van der Waals surface area contributed by atoms with Crippen LogP contribution in [-0.4, -0.2) is 12.6 Å². The van der Waals surface area contributed by atoms with Gasteiger partial charge in [-0.3, -0.25) is 0 Å². The highest BCUT2D eigenvalue weighted by atomic mass is 35.5. The first-order valence-corrected chi connectivity index (χ1v) is 8.07. The summed E-state index contributed by atoms with van der Waals surface area (Å²) in [6, 6.07) is 13.6. The standard InChI is InChI=1S/C17H17ClO2S/c1-3-12-5-8-14(9-6-12)21-16-10-7-13(18)11-15(16)17(19)20-4-2/h5-11H,3-4H2,1-2H3. The van der Waals surface area contributed by atoms with Gasteiger partial charge in [0.1, 0.15) is 0 Å². The maximum Gasteiger partial charge on any atom is 0.339 e. The lowest BCUT2D eigenvalue weighted by Gasteiger charge is -2.09. The van der Waals surface area contributed by atoms with Crippen LogP contribution in [0, 0.1) is 0 Å². The molecule has 0 aliphatic rings. The first-order chi connectivity index (χ1) is 10.1. The van der Waals surface area contributed by atoms with Gasteiger partial charge in [-0.05, 0) is 49.2 Å². The minimum Gasteiger partial charge on any atom is -0.462 e. The van der Waals surface area contributed by atoms with Crippen LogP contribution in [0.3, 0.4) is 0 Å². The highest BCUT2D eigenvalue weighted by Gasteiger charge is 2.14. The first kappa shape index (κ1) is 15.9. The summed E-state index contributed by atoms with van der Waals surface area (Å²) in [5, 5.41) is 0.531. The summed E-state index contributed by atoms with van der Waals surface area (Å²) < 4.78 is 5.09. The quantitative estimate of drug-likeness (QED) is 0.705. The molecule has 0 bridgehead atoms. The number of esters is 1. The number of hydrogen-bond acceptors (Lipinski definition) is 3. The summed E-state index contributed by atoms with van der Waals surface area (Å²) in [4.78, 5) is 13.9. The van der Waals surface area contributed by atoms with Crippen LogP contribution in [0.4, 0.5) is 0 Å². The number of ether oxygens (including phenoxy) is 1. The topological polar surface area (TPSA) is 26.3 Å². The third kappa shape index (κ3) is 4.26. The van der Waals surface area contributed by atoms with E-state index in [0.29, 0.717) is 17.2 Å². The molecular weight excluding hydrogens is 304 g/mol. The van der Waals surface area contributed by atoms with E-state index in [0.717, 1.165) is 16.2 Å². The minimum absolute atomic E-state index is 0.340. The Labute approximate surface area is 134 Å². The molecule has 0 aromatic heterocycles. The molecule has 0 fully saturated rings. The summed E-state index contributed by atoms with van der Waals surface area (Å²) in [5.74, 6) is -0.340. The Bertz CT molecular complexity index is 623. The van der Waals surface area contributed by atoms with Gasteiger partial charge in [0.15, 0.2) is 0 Å². The van der Waals surface area contributed by atoms with Gasteiger partial charge in [0.2, 0.25) is 0 Å². The zero-order valence-electron chi connectivity index (χ0n) is 12.1. The molecule has 0 spiro atoms. The van der Waals surface area contributed by atoms with Gasteiger partial charge in [-0.1, -0.05) is 42.4 Å². The number of halogens is 1. The van der Waals surface area contributed by atoms with E-state index < -0.39 is 0 Å². The van der Waals surface area contributed by atoms with E-state index in [4.69, 9.17) is 16.3 Å². The first-order valence-electron chi connectivity index (χ1n) is 6.87. The average Bonchev–Trinajstić information content (AvgIpc) is 2.50. The normalized spacial score (nSPS) is 10.4. The smallest absolute Gasteiger partial charge is 0.339 e. The van der Waals surface area contributed by atoms with E-state index >= 15 is 0 Å². The maximum atomic E-state index is 12.0. The van der Waals surface area contributed by atoms with Gasteiger partial charge in [0.25, 0.3) is 0 Å². The summed E-state index contributed by atoms with van der Waals surface area (Å²) >= 11 is 7.52.